The van der Waals surface area contributed by atoms with Crippen molar-refractivity contribution in [2.45, 2.75) is 20.0 Å². The van der Waals surface area contributed by atoms with Crippen LogP contribution in [0.1, 0.15) is 29.1 Å². The van der Waals surface area contributed by atoms with Crippen molar-refractivity contribution < 1.29 is 17.9 Å². The number of rotatable bonds is 5. The largest absolute Gasteiger partial charge is 0.486 e. The van der Waals surface area contributed by atoms with Crippen molar-refractivity contribution in [2.24, 2.45) is 0 Å². The first-order chi connectivity index (χ1) is 12.1. The molecule has 8 heteroatoms. The molecule has 0 aliphatic rings. The van der Waals surface area contributed by atoms with Gasteiger partial charge in [-0.05, 0) is 36.8 Å². The monoisotopic (exact) mass is 342 g/mol. The van der Waals surface area contributed by atoms with Crippen molar-refractivity contribution in [1.82, 2.24) is 15.2 Å². The van der Waals surface area contributed by atoms with E-state index in [9.17, 15) is 8.78 Å². The minimum Gasteiger partial charge on any atom is -0.486 e. The van der Waals surface area contributed by atoms with E-state index in [4.69, 9.17) is 14.4 Å². The van der Waals surface area contributed by atoms with E-state index in [2.05, 4.69) is 21.3 Å². The maximum Gasteiger partial charge on any atom is 0.314 e. The summed E-state index contributed by atoms with van der Waals surface area (Å²) in [7, 11) is 0. The molecule has 0 atom stereocenters. The highest BCUT2D eigenvalue weighted by Crippen LogP contribution is 2.23. The lowest BCUT2D eigenvalue weighted by atomic mass is 10.1. The fourth-order valence-electron chi connectivity index (χ4n) is 2.08. The quantitative estimate of drug-likeness (QED) is 0.700. The summed E-state index contributed by atoms with van der Waals surface area (Å²) in [5.74, 6) is -0.288. The summed E-state index contributed by atoms with van der Waals surface area (Å²) < 4.78 is 35.4. The number of nitrogens with zero attached hydrogens (tertiary/aromatic N) is 4. The van der Waals surface area contributed by atoms with Crippen LogP contribution in [0.15, 0.2) is 40.9 Å². The van der Waals surface area contributed by atoms with Crippen LogP contribution in [0.2, 0.25) is 0 Å². The van der Waals surface area contributed by atoms with Gasteiger partial charge in [0, 0.05) is 6.20 Å². The molecule has 0 aliphatic heterocycles. The second-order valence-electron chi connectivity index (χ2n) is 5.18. The molecule has 0 aliphatic carbocycles. The average molecular weight is 342 g/mol. The molecule has 0 N–H and O–H groups in total. The van der Waals surface area contributed by atoms with Gasteiger partial charge in [-0.2, -0.15) is 14.0 Å². The number of pyridine rings is 1. The minimum absolute atomic E-state index is 0.0273. The van der Waals surface area contributed by atoms with Crippen LogP contribution in [0.25, 0.3) is 11.5 Å². The summed E-state index contributed by atoms with van der Waals surface area (Å²) in [4.78, 5) is 4.17. The molecule has 2 aromatic heterocycles. The Morgan fingerprint density at radius 3 is 2.72 bits per heavy atom. The third-order valence-corrected chi connectivity index (χ3v) is 3.33. The molecule has 2 heterocycles. The van der Waals surface area contributed by atoms with Crippen molar-refractivity contribution in [3.63, 3.8) is 0 Å². The third-order valence-electron chi connectivity index (χ3n) is 3.33. The number of hydrogen-bond donors (Lipinski definition) is 0. The van der Waals surface area contributed by atoms with Gasteiger partial charge in [0.2, 0.25) is 5.89 Å². The fraction of sp³-hybridized carbons (Fsp3) is 0.176. The van der Waals surface area contributed by atoms with Crippen LogP contribution in [-0.4, -0.2) is 15.2 Å². The second-order valence-corrected chi connectivity index (χ2v) is 5.18. The standard InChI is InChI=1S/C17H12F2N4O2/c1-10-2-5-14(12(6-10)7-20)24-9-13-4-3-11(8-21-13)16-22-23-17(25-16)15(18)19/h2-6,8,15H,9H2,1H3. The average Bonchev–Trinajstić information content (AvgIpc) is 3.11. The zero-order valence-corrected chi connectivity index (χ0v) is 13.1. The molecule has 3 rings (SSSR count). The Hall–Kier alpha value is -3.34. The van der Waals surface area contributed by atoms with Crippen LogP contribution in [0.3, 0.4) is 0 Å². The number of aryl methyl sites for hydroxylation is 1. The van der Waals surface area contributed by atoms with Gasteiger partial charge < -0.3 is 9.15 Å². The van der Waals surface area contributed by atoms with E-state index >= 15 is 0 Å². The predicted octanol–water partition coefficient (Wildman–Crippen LogP) is 3.83. The number of halogens is 2. The SMILES string of the molecule is Cc1ccc(OCc2ccc(-c3nnc(C(F)F)o3)cn2)c(C#N)c1. The molecule has 1 aromatic carbocycles. The van der Waals surface area contributed by atoms with Crippen molar-refractivity contribution in [3.05, 3.63) is 59.2 Å². The molecule has 0 bridgehead atoms. The molecule has 0 radical (unpaired) electrons. The lowest BCUT2D eigenvalue weighted by Gasteiger charge is -2.08. The molecule has 0 spiro atoms. The Morgan fingerprint density at radius 1 is 1.24 bits per heavy atom. The van der Waals surface area contributed by atoms with Gasteiger partial charge >= 0.3 is 6.43 Å². The van der Waals surface area contributed by atoms with Crippen molar-refractivity contribution >= 4 is 0 Å². The van der Waals surface area contributed by atoms with Gasteiger partial charge in [-0.15, -0.1) is 10.2 Å². The number of hydrogen-bond acceptors (Lipinski definition) is 6. The maximum atomic E-state index is 12.5. The Morgan fingerprint density at radius 2 is 2.08 bits per heavy atom. The Bertz CT molecular complexity index is 917. The molecule has 3 aromatic rings. The normalized spacial score (nSPS) is 10.7. The van der Waals surface area contributed by atoms with Crippen LogP contribution in [0.4, 0.5) is 8.78 Å². The zero-order valence-electron chi connectivity index (χ0n) is 13.1. The van der Waals surface area contributed by atoms with Crippen LogP contribution >= 0.6 is 0 Å². The first-order valence-corrected chi connectivity index (χ1v) is 7.27. The molecule has 0 fully saturated rings. The van der Waals surface area contributed by atoms with Gasteiger partial charge in [0.15, 0.2) is 0 Å². The topological polar surface area (TPSA) is 84.8 Å². The predicted molar refractivity (Wildman–Crippen MR) is 82.7 cm³/mol. The van der Waals surface area contributed by atoms with Crippen molar-refractivity contribution in [1.29, 1.82) is 5.26 Å². The molecule has 6 nitrogen and oxygen atoms in total. The Balaban J connectivity index is 1.70. The lowest BCUT2D eigenvalue weighted by Crippen LogP contribution is -2.00. The highest BCUT2D eigenvalue weighted by Gasteiger charge is 2.17. The minimum atomic E-state index is -2.81. The molecule has 0 unspecified atom stereocenters. The van der Waals surface area contributed by atoms with Gasteiger partial charge in [0.1, 0.15) is 18.4 Å². The summed E-state index contributed by atoms with van der Waals surface area (Å²) in [6.07, 6.45) is -1.38. The Kier molecular flexibility index (Phi) is 4.66. The van der Waals surface area contributed by atoms with Gasteiger partial charge in [-0.1, -0.05) is 6.07 Å². The fourth-order valence-corrected chi connectivity index (χ4v) is 2.08. The molecule has 126 valence electrons. The highest BCUT2D eigenvalue weighted by molar-refractivity contribution is 5.50. The van der Waals surface area contributed by atoms with Crippen molar-refractivity contribution in [3.8, 4) is 23.3 Å². The summed E-state index contributed by atoms with van der Waals surface area (Å²) in [6, 6.07) is 10.7. The van der Waals surface area contributed by atoms with Crippen LogP contribution < -0.4 is 4.74 Å². The van der Waals surface area contributed by atoms with E-state index in [1.807, 2.05) is 13.0 Å². The van der Waals surface area contributed by atoms with Gasteiger partial charge in [0.25, 0.3) is 5.89 Å². The van der Waals surface area contributed by atoms with Crippen molar-refractivity contribution in [2.75, 3.05) is 0 Å². The molecule has 0 saturated carbocycles. The molecule has 25 heavy (non-hydrogen) atoms. The van der Waals surface area contributed by atoms with Crippen LogP contribution in [-0.2, 0) is 6.61 Å². The van der Waals surface area contributed by atoms with E-state index in [-0.39, 0.29) is 12.5 Å². The Labute approximate surface area is 141 Å². The molecular weight excluding hydrogens is 330 g/mol. The highest BCUT2D eigenvalue weighted by atomic mass is 19.3. The van der Waals surface area contributed by atoms with Gasteiger partial charge in [-0.25, -0.2) is 0 Å². The van der Waals surface area contributed by atoms with E-state index in [0.29, 0.717) is 22.6 Å². The number of benzene rings is 1. The number of alkyl halides is 2. The number of aromatic nitrogens is 3. The lowest BCUT2D eigenvalue weighted by molar-refractivity contribution is 0.116. The zero-order chi connectivity index (χ0) is 17.8. The van der Waals surface area contributed by atoms with Gasteiger partial charge in [0.05, 0.1) is 16.8 Å². The van der Waals surface area contributed by atoms with E-state index in [1.165, 1.54) is 6.20 Å². The molecule has 0 amide bonds. The number of ether oxygens (including phenoxy) is 1. The third kappa shape index (κ3) is 3.77. The second kappa shape index (κ2) is 7.05. The number of nitriles is 1. The van der Waals surface area contributed by atoms with Crippen LogP contribution in [0, 0.1) is 18.3 Å². The van der Waals surface area contributed by atoms with E-state index in [1.54, 1.807) is 24.3 Å². The molecular formula is C17H12F2N4O2. The summed E-state index contributed by atoms with van der Waals surface area (Å²) in [6.45, 7) is 2.05. The summed E-state index contributed by atoms with van der Waals surface area (Å²) in [5.41, 5.74) is 2.44. The van der Waals surface area contributed by atoms with E-state index in [0.717, 1.165) is 5.56 Å². The van der Waals surface area contributed by atoms with E-state index < -0.39 is 12.3 Å². The molecule has 0 saturated heterocycles. The summed E-state index contributed by atoms with van der Waals surface area (Å²) >= 11 is 0. The first kappa shape index (κ1) is 16.5. The smallest absolute Gasteiger partial charge is 0.314 e. The maximum absolute atomic E-state index is 12.5. The first-order valence-electron chi connectivity index (χ1n) is 7.27. The van der Waals surface area contributed by atoms with Crippen LogP contribution in [0.5, 0.6) is 5.75 Å². The van der Waals surface area contributed by atoms with Gasteiger partial charge in [-0.3, -0.25) is 4.98 Å². The summed E-state index contributed by atoms with van der Waals surface area (Å²) in [5, 5.41) is 15.9.